The number of Topliss-reactive ketones (excluding diaryl/α,β-unsaturated/α-hetero) is 2. The lowest BCUT2D eigenvalue weighted by Gasteiger charge is -2.14. The number of carbonyl (C=O) groups is 4. The second kappa shape index (κ2) is 18.4. The van der Waals surface area contributed by atoms with Crippen molar-refractivity contribution < 1.29 is 19.2 Å². The van der Waals surface area contributed by atoms with Gasteiger partial charge in [0.25, 0.3) is 11.8 Å². The lowest BCUT2D eigenvalue weighted by atomic mass is 10.0. The summed E-state index contributed by atoms with van der Waals surface area (Å²) in [7, 11) is 0. The molecule has 2 atom stereocenters. The molecule has 0 bridgehead atoms. The molecule has 2 N–H and O–H groups in total. The third-order valence-corrected chi connectivity index (χ3v) is 9.06. The van der Waals surface area contributed by atoms with E-state index < -0.39 is 35.5 Å². The molecule has 2 unspecified atom stereocenters. The Balaban J connectivity index is 1.47. The molecule has 52 heavy (non-hydrogen) atoms. The van der Waals surface area contributed by atoms with E-state index in [-0.39, 0.29) is 15.7 Å². The number of carbonyl (C=O) groups excluding carboxylic acids is 4. The minimum atomic E-state index is -1.40. The lowest BCUT2D eigenvalue weighted by Crippen LogP contribution is -2.32. The zero-order chi connectivity index (χ0) is 37.9. The van der Waals surface area contributed by atoms with Crippen molar-refractivity contribution in [3.05, 3.63) is 105 Å². The lowest BCUT2D eigenvalue weighted by molar-refractivity contribution is -0.127. The summed E-state index contributed by atoms with van der Waals surface area (Å²) in [5, 5.41) is 22.3. The Morgan fingerprint density at radius 3 is 1.42 bits per heavy atom. The molecular weight excluding hydrogens is 699 g/mol. The summed E-state index contributed by atoms with van der Waals surface area (Å²) in [5.74, 6) is -2.10. The number of nitrogens with zero attached hydrogens (tertiary/aromatic N) is 4. The third-order valence-electron chi connectivity index (χ3n) is 8.48. The smallest absolute Gasteiger partial charge is 0.258 e. The van der Waals surface area contributed by atoms with Crippen LogP contribution in [0.4, 0.5) is 22.7 Å². The highest BCUT2D eigenvalue weighted by Crippen LogP contribution is 2.38. The Bertz CT molecular complexity index is 2000. The van der Waals surface area contributed by atoms with Crippen molar-refractivity contribution in [1.29, 1.82) is 0 Å². The molecule has 0 aliphatic carbocycles. The fourth-order valence-corrected chi connectivity index (χ4v) is 5.95. The van der Waals surface area contributed by atoms with Gasteiger partial charge in [-0.05, 0) is 109 Å². The van der Waals surface area contributed by atoms with Gasteiger partial charge in [0.05, 0.1) is 15.7 Å². The standard InChI is InChI=1S/C40H42Cl2N6O4/c1-7-25-11-17-34(27(9-3)19-25)43-39(51)36(23(5)49)46-45-31-15-13-29(14-16-31)30-21-32(41)38(33(42)22-30)48-47-37(24(6)50)40(52)44-35-18-12-26(8-2)20-28(35)10-4/h11-22,36-37H,7-10H2,1-6H3,(H,43,51)(H,44,52). The van der Waals surface area contributed by atoms with Gasteiger partial charge in [0, 0.05) is 11.4 Å². The Labute approximate surface area is 314 Å². The fourth-order valence-electron chi connectivity index (χ4n) is 5.39. The van der Waals surface area contributed by atoms with Crippen LogP contribution < -0.4 is 10.6 Å². The zero-order valence-electron chi connectivity index (χ0n) is 30.1. The molecule has 0 saturated carbocycles. The number of halogens is 2. The van der Waals surface area contributed by atoms with Gasteiger partial charge in [0.1, 0.15) is 5.69 Å². The Hall–Kier alpha value is -5.06. The number of ketones is 2. The van der Waals surface area contributed by atoms with Crippen LogP contribution in [0.5, 0.6) is 0 Å². The van der Waals surface area contributed by atoms with Gasteiger partial charge in [-0.25, -0.2) is 0 Å². The van der Waals surface area contributed by atoms with Crippen LogP contribution in [0.25, 0.3) is 11.1 Å². The molecule has 10 nitrogen and oxygen atoms in total. The van der Waals surface area contributed by atoms with Crippen molar-refractivity contribution in [2.75, 3.05) is 10.6 Å². The van der Waals surface area contributed by atoms with E-state index in [9.17, 15) is 19.2 Å². The summed E-state index contributed by atoms with van der Waals surface area (Å²) < 4.78 is 0. The van der Waals surface area contributed by atoms with E-state index in [2.05, 4.69) is 44.9 Å². The maximum absolute atomic E-state index is 13.1. The van der Waals surface area contributed by atoms with Crippen molar-refractivity contribution in [2.24, 2.45) is 20.5 Å². The largest absolute Gasteiger partial charge is 0.324 e. The van der Waals surface area contributed by atoms with Crippen LogP contribution in [-0.2, 0) is 44.9 Å². The van der Waals surface area contributed by atoms with Gasteiger partial charge in [-0.3, -0.25) is 19.2 Å². The first kappa shape index (κ1) is 39.7. The minimum absolute atomic E-state index is 0.110. The van der Waals surface area contributed by atoms with Crippen molar-refractivity contribution in [3.8, 4) is 11.1 Å². The topological polar surface area (TPSA) is 142 Å². The van der Waals surface area contributed by atoms with E-state index >= 15 is 0 Å². The summed E-state index contributed by atoms with van der Waals surface area (Å²) in [5.41, 5.74) is 7.40. The second-order valence-corrected chi connectivity index (χ2v) is 13.0. The van der Waals surface area contributed by atoms with Gasteiger partial charge in [-0.1, -0.05) is 87.3 Å². The molecule has 0 spiro atoms. The van der Waals surface area contributed by atoms with Gasteiger partial charge in [0.15, 0.2) is 11.6 Å². The van der Waals surface area contributed by atoms with Gasteiger partial charge in [-0.15, -0.1) is 0 Å². The Morgan fingerprint density at radius 2 is 1.02 bits per heavy atom. The molecule has 0 fully saturated rings. The van der Waals surface area contributed by atoms with E-state index in [1.807, 2.05) is 50.2 Å². The summed E-state index contributed by atoms with van der Waals surface area (Å²) in [4.78, 5) is 50.9. The molecular formula is C40H42Cl2N6O4. The number of benzene rings is 4. The zero-order valence-corrected chi connectivity index (χ0v) is 31.6. The number of nitrogens with one attached hydrogen (secondary N) is 2. The van der Waals surface area contributed by atoms with E-state index in [1.165, 1.54) is 13.8 Å². The number of aryl methyl sites for hydroxylation is 4. The van der Waals surface area contributed by atoms with Crippen molar-refractivity contribution >= 4 is 69.3 Å². The highest BCUT2D eigenvalue weighted by atomic mass is 35.5. The van der Waals surface area contributed by atoms with Gasteiger partial charge >= 0.3 is 0 Å². The molecule has 0 aliphatic heterocycles. The quantitative estimate of drug-likeness (QED) is 0.0924. The van der Waals surface area contributed by atoms with Gasteiger partial charge in [-0.2, -0.15) is 20.5 Å². The van der Waals surface area contributed by atoms with E-state index in [1.54, 1.807) is 36.4 Å². The Kier molecular flexibility index (Phi) is 14.1. The average Bonchev–Trinajstić information content (AvgIpc) is 3.12. The highest BCUT2D eigenvalue weighted by Gasteiger charge is 2.25. The van der Waals surface area contributed by atoms with E-state index in [0.717, 1.165) is 47.1 Å². The molecule has 270 valence electrons. The summed E-state index contributed by atoms with van der Waals surface area (Å²) in [6.45, 7) is 10.7. The number of anilines is 2. The molecule has 4 rings (SSSR count). The summed E-state index contributed by atoms with van der Waals surface area (Å²) in [6.07, 6.45) is 3.16. The first-order chi connectivity index (χ1) is 24.9. The predicted molar refractivity (Wildman–Crippen MR) is 208 cm³/mol. The van der Waals surface area contributed by atoms with Crippen LogP contribution >= 0.6 is 23.2 Å². The molecule has 0 aromatic heterocycles. The number of rotatable bonds is 15. The van der Waals surface area contributed by atoms with Crippen LogP contribution in [0.3, 0.4) is 0 Å². The van der Waals surface area contributed by atoms with Crippen LogP contribution in [0.1, 0.15) is 63.8 Å². The molecule has 0 aliphatic rings. The summed E-state index contributed by atoms with van der Waals surface area (Å²) in [6, 6.07) is 19.0. The number of azo groups is 2. The number of hydrogen-bond donors (Lipinski definition) is 2. The van der Waals surface area contributed by atoms with Crippen molar-refractivity contribution in [3.63, 3.8) is 0 Å². The molecule has 0 heterocycles. The van der Waals surface area contributed by atoms with E-state index in [4.69, 9.17) is 23.2 Å². The van der Waals surface area contributed by atoms with Gasteiger partial charge in [0.2, 0.25) is 12.1 Å². The first-order valence-electron chi connectivity index (χ1n) is 17.2. The van der Waals surface area contributed by atoms with Crippen LogP contribution in [0.2, 0.25) is 10.0 Å². The predicted octanol–water partition coefficient (Wildman–Crippen LogP) is 10.3. The molecule has 0 radical (unpaired) electrons. The maximum Gasteiger partial charge on any atom is 0.258 e. The second-order valence-electron chi connectivity index (χ2n) is 12.2. The number of amides is 2. The van der Waals surface area contributed by atoms with Crippen molar-refractivity contribution in [2.45, 2.75) is 79.3 Å². The molecule has 12 heteroatoms. The first-order valence-corrected chi connectivity index (χ1v) is 17.9. The normalized spacial score (nSPS) is 12.5. The van der Waals surface area contributed by atoms with Crippen LogP contribution in [0.15, 0.2) is 93.3 Å². The highest BCUT2D eigenvalue weighted by molar-refractivity contribution is 6.39. The van der Waals surface area contributed by atoms with E-state index in [0.29, 0.717) is 29.0 Å². The molecule has 4 aromatic rings. The minimum Gasteiger partial charge on any atom is -0.324 e. The SMILES string of the molecule is CCc1ccc(NC(=O)C(N=Nc2ccc(-c3cc(Cl)c(N=NC(C(C)=O)C(=O)Nc4ccc(CC)cc4CC)c(Cl)c3)cc2)C(C)=O)c(CC)c1. The van der Waals surface area contributed by atoms with Crippen molar-refractivity contribution in [1.82, 2.24) is 0 Å². The monoisotopic (exact) mass is 740 g/mol. The Morgan fingerprint density at radius 1 is 0.577 bits per heavy atom. The summed E-state index contributed by atoms with van der Waals surface area (Å²) >= 11 is 13.1. The van der Waals surface area contributed by atoms with Gasteiger partial charge < -0.3 is 10.6 Å². The fraction of sp³-hybridized carbons (Fsp3) is 0.300. The average molecular weight is 742 g/mol. The maximum atomic E-state index is 13.1. The van der Waals surface area contributed by atoms with Crippen LogP contribution in [0, 0.1) is 0 Å². The third kappa shape index (κ3) is 10.0. The molecule has 0 saturated heterocycles. The molecule has 4 aromatic carbocycles. The molecule has 2 amide bonds. The number of hydrogen-bond acceptors (Lipinski definition) is 8. The van der Waals surface area contributed by atoms with Crippen LogP contribution in [-0.4, -0.2) is 35.5 Å².